The first-order valence-corrected chi connectivity index (χ1v) is 10.7. The highest BCUT2D eigenvalue weighted by molar-refractivity contribution is 6.08. The Hall–Kier alpha value is -3.29. The van der Waals surface area contributed by atoms with Crippen LogP contribution in [-0.4, -0.2) is 47.2 Å². The molecule has 8 heteroatoms. The van der Waals surface area contributed by atoms with Gasteiger partial charge in [0.15, 0.2) is 5.96 Å². The zero-order valence-electron chi connectivity index (χ0n) is 18.1. The smallest absolute Gasteiger partial charge is 0.259 e. The van der Waals surface area contributed by atoms with E-state index >= 15 is 0 Å². The third-order valence-electron chi connectivity index (χ3n) is 6.45. The van der Waals surface area contributed by atoms with Crippen molar-refractivity contribution in [1.82, 2.24) is 15.1 Å². The third kappa shape index (κ3) is 4.09. The minimum atomic E-state index is -1.15. The Kier molecular flexibility index (Phi) is 5.71. The lowest BCUT2D eigenvalue weighted by atomic mass is 9.89. The van der Waals surface area contributed by atoms with Crippen molar-refractivity contribution in [2.75, 3.05) is 19.6 Å². The van der Waals surface area contributed by atoms with Gasteiger partial charge in [-0.3, -0.25) is 19.9 Å². The molecule has 0 aromatic heterocycles. The van der Waals surface area contributed by atoms with E-state index in [4.69, 9.17) is 5.41 Å². The van der Waals surface area contributed by atoms with Gasteiger partial charge in [0.25, 0.3) is 5.91 Å². The summed E-state index contributed by atoms with van der Waals surface area (Å²) < 4.78 is 27.4. The average molecular weight is 440 g/mol. The van der Waals surface area contributed by atoms with E-state index in [1.165, 1.54) is 17.0 Å². The number of piperidine rings is 1. The molecule has 0 bridgehead atoms. The SMILES string of the molecule is CC(=O)N1CCC(CN2C(=N)NC(C)(c3cccc(-c4cc(F)cc(F)c4)c3)C2=O)CC1. The van der Waals surface area contributed by atoms with Crippen molar-refractivity contribution in [3.05, 3.63) is 59.7 Å². The van der Waals surface area contributed by atoms with Crippen LogP contribution in [0.1, 0.15) is 32.3 Å². The van der Waals surface area contributed by atoms with E-state index in [0.29, 0.717) is 36.3 Å². The Morgan fingerprint density at radius 1 is 1.12 bits per heavy atom. The molecule has 2 aromatic rings. The minimum absolute atomic E-state index is 0.0358. The molecule has 4 rings (SSSR count). The molecule has 0 aliphatic carbocycles. The van der Waals surface area contributed by atoms with Crippen LogP contribution in [0, 0.1) is 23.0 Å². The van der Waals surface area contributed by atoms with Gasteiger partial charge in [0.05, 0.1) is 0 Å². The molecule has 2 heterocycles. The molecule has 6 nitrogen and oxygen atoms in total. The van der Waals surface area contributed by atoms with Gasteiger partial charge in [0.1, 0.15) is 17.2 Å². The fourth-order valence-electron chi connectivity index (χ4n) is 4.52. The van der Waals surface area contributed by atoms with Crippen LogP contribution in [0.4, 0.5) is 8.78 Å². The van der Waals surface area contributed by atoms with Crippen LogP contribution in [0.3, 0.4) is 0 Å². The first kappa shape index (κ1) is 21.9. The molecule has 2 aliphatic rings. The lowest BCUT2D eigenvalue weighted by Gasteiger charge is -2.33. The Bertz CT molecular complexity index is 1060. The number of nitrogens with one attached hydrogen (secondary N) is 2. The number of benzene rings is 2. The maximum Gasteiger partial charge on any atom is 0.259 e. The number of guanidine groups is 1. The Morgan fingerprint density at radius 3 is 2.41 bits per heavy atom. The molecule has 2 aromatic carbocycles. The number of likely N-dealkylation sites (tertiary alicyclic amines) is 1. The van der Waals surface area contributed by atoms with Crippen molar-refractivity contribution in [2.24, 2.45) is 5.92 Å². The fraction of sp³-hybridized carbons (Fsp3) is 0.375. The maximum atomic E-state index is 13.7. The molecule has 1 unspecified atom stereocenters. The van der Waals surface area contributed by atoms with Crippen molar-refractivity contribution in [2.45, 2.75) is 32.2 Å². The molecule has 2 saturated heterocycles. The zero-order chi connectivity index (χ0) is 23.0. The van der Waals surface area contributed by atoms with Crippen molar-refractivity contribution in [1.29, 1.82) is 5.41 Å². The van der Waals surface area contributed by atoms with E-state index in [9.17, 15) is 18.4 Å². The molecule has 168 valence electrons. The van der Waals surface area contributed by atoms with Gasteiger partial charge in [-0.1, -0.05) is 18.2 Å². The summed E-state index contributed by atoms with van der Waals surface area (Å²) in [6, 6.07) is 10.3. The Morgan fingerprint density at radius 2 is 1.78 bits per heavy atom. The molecule has 0 spiro atoms. The fourth-order valence-corrected chi connectivity index (χ4v) is 4.52. The second kappa shape index (κ2) is 8.33. The second-order valence-electron chi connectivity index (χ2n) is 8.70. The summed E-state index contributed by atoms with van der Waals surface area (Å²) in [7, 11) is 0. The number of carbonyl (C=O) groups excluding carboxylic acids is 2. The highest BCUT2D eigenvalue weighted by atomic mass is 19.1. The summed E-state index contributed by atoms with van der Waals surface area (Å²) >= 11 is 0. The van der Waals surface area contributed by atoms with Crippen molar-refractivity contribution in [3.63, 3.8) is 0 Å². The normalized spacial score (nSPS) is 21.8. The van der Waals surface area contributed by atoms with E-state index in [1.54, 1.807) is 43.0 Å². The summed E-state index contributed by atoms with van der Waals surface area (Å²) in [5.41, 5.74) is 0.420. The topological polar surface area (TPSA) is 76.5 Å². The zero-order valence-corrected chi connectivity index (χ0v) is 18.1. The van der Waals surface area contributed by atoms with Crippen molar-refractivity contribution >= 4 is 17.8 Å². The predicted octanol–water partition coefficient (Wildman–Crippen LogP) is 3.47. The van der Waals surface area contributed by atoms with Gasteiger partial charge < -0.3 is 10.2 Å². The van der Waals surface area contributed by atoms with E-state index < -0.39 is 17.2 Å². The van der Waals surface area contributed by atoms with Crippen LogP contribution in [0.25, 0.3) is 11.1 Å². The largest absolute Gasteiger partial charge is 0.343 e. The number of hydrogen-bond donors (Lipinski definition) is 2. The summed E-state index contributed by atoms with van der Waals surface area (Å²) in [5.74, 6) is -1.28. The second-order valence-corrected chi connectivity index (χ2v) is 8.70. The standard InChI is InChI=1S/C24H26F2N4O2/c1-15(31)29-8-6-16(7-9-29)14-30-22(32)24(2,28-23(30)27)19-5-3-4-17(10-19)18-11-20(25)13-21(26)12-18/h3-5,10-13,16H,6-9,14H2,1-2H3,(H2,27,28). The van der Waals surface area contributed by atoms with Crippen LogP contribution in [-0.2, 0) is 15.1 Å². The number of rotatable bonds is 4. The first-order chi connectivity index (χ1) is 15.2. The van der Waals surface area contributed by atoms with Gasteiger partial charge in [-0.05, 0) is 60.6 Å². The third-order valence-corrected chi connectivity index (χ3v) is 6.45. The molecular formula is C24H26F2N4O2. The highest BCUT2D eigenvalue weighted by Gasteiger charge is 2.47. The number of carbonyl (C=O) groups is 2. The lowest BCUT2D eigenvalue weighted by Crippen LogP contribution is -2.43. The maximum absolute atomic E-state index is 13.7. The number of halogens is 2. The van der Waals surface area contributed by atoms with Crippen molar-refractivity contribution < 1.29 is 18.4 Å². The van der Waals surface area contributed by atoms with Crippen LogP contribution < -0.4 is 5.32 Å². The minimum Gasteiger partial charge on any atom is -0.343 e. The lowest BCUT2D eigenvalue weighted by molar-refractivity contribution is -0.133. The summed E-state index contributed by atoms with van der Waals surface area (Å²) in [6.45, 7) is 5.01. The first-order valence-electron chi connectivity index (χ1n) is 10.7. The number of amides is 2. The molecule has 32 heavy (non-hydrogen) atoms. The van der Waals surface area contributed by atoms with Gasteiger partial charge >= 0.3 is 0 Å². The van der Waals surface area contributed by atoms with E-state index in [-0.39, 0.29) is 23.7 Å². The Labute approximate surface area is 185 Å². The summed E-state index contributed by atoms with van der Waals surface area (Å²) in [5, 5.41) is 11.4. The van der Waals surface area contributed by atoms with Crippen LogP contribution in [0.2, 0.25) is 0 Å². The average Bonchev–Trinajstić information content (AvgIpc) is 2.97. The molecule has 2 amide bonds. The van der Waals surface area contributed by atoms with Crippen LogP contribution in [0.5, 0.6) is 0 Å². The molecule has 0 saturated carbocycles. The van der Waals surface area contributed by atoms with Gasteiger partial charge in [0.2, 0.25) is 5.91 Å². The molecular weight excluding hydrogens is 414 g/mol. The molecule has 2 N–H and O–H groups in total. The molecule has 0 radical (unpaired) electrons. The highest BCUT2D eigenvalue weighted by Crippen LogP contribution is 2.33. The molecule has 2 aliphatic heterocycles. The van der Waals surface area contributed by atoms with E-state index in [1.807, 2.05) is 0 Å². The van der Waals surface area contributed by atoms with Gasteiger partial charge in [-0.25, -0.2) is 8.78 Å². The van der Waals surface area contributed by atoms with Crippen LogP contribution in [0.15, 0.2) is 42.5 Å². The predicted molar refractivity (Wildman–Crippen MR) is 117 cm³/mol. The van der Waals surface area contributed by atoms with Gasteiger partial charge in [-0.15, -0.1) is 0 Å². The van der Waals surface area contributed by atoms with Gasteiger partial charge in [0, 0.05) is 32.6 Å². The Balaban J connectivity index is 1.54. The van der Waals surface area contributed by atoms with Crippen molar-refractivity contribution in [3.8, 4) is 11.1 Å². The van der Waals surface area contributed by atoms with Gasteiger partial charge in [-0.2, -0.15) is 0 Å². The number of nitrogens with zero attached hydrogens (tertiary/aromatic N) is 2. The quantitative estimate of drug-likeness (QED) is 0.764. The molecule has 1 atom stereocenters. The molecule has 2 fully saturated rings. The van der Waals surface area contributed by atoms with E-state index in [0.717, 1.165) is 18.9 Å². The monoisotopic (exact) mass is 440 g/mol. The number of hydrogen-bond acceptors (Lipinski definition) is 3. The summed E-state index contributed by atoms with van der Waals surface area (Å²) in [6.07, 6.45) is 1.57. The summed E-state index contributed by atoms with van der Waals surface area (Å²) in [4.78, 5) is 28.2. The van der Waals surface area contributed by atoms with Crippen LogP contribution >= 0.6 is 0 Å². The van der Waals surface area contributed by atoms with E-state index in [2.05, 4.69) is 5.32 Å².